The van der Waals surface area contributed by atoms with Crippen molar-refractivity contribution in [1.29, 1.82) is 0 Å². The smallest absolute Gasteiger partial charge is 0.326 e. The van der Waals surface area contributed by atoms with E-state index < -0.39 is 69.6 Å². The number of carbonyl (C=O) groups is 11. The third kappa shape index (κ3) is 51.4. The van der Waals surface area contributed by atoms with E-state index in [0.29, 0.717) is 50.8 Å². The molecule has 1 rings (SSSR count). The molecule has 0 heterocycles. The number of amides is 6. The van der Waals surface area contributed by atoms with Crippen LogP contribution in [0.3, 0.4) is 0 Å². The Bertz CT molecular complexity index is 2480. The zero-order chi connectivity index (χ0) is 70.2. The average Bonchev–Trinajstić information content (AvgIpc) is 1.25. The Balaban J connectivity index is 2.08. The van der Waals surface area contributed by atoms with Crippen molar-refractivity contribution in [3.63, 3.8) is 0 Å². The lowest BCUT2D eigenvalue weighted by molar-refractivity contribution is -0.145. The van der Waals surface area contributed by atoms with Crippen molar-refractivity contribution in [2.75, 3.05) is 57.1 Å². The summed E-state index contributed by atoms with van der Waals surface area (Å²) in [6, 6.07) is 4.92. The summed E-state index contributed by atoms with van der Waals surface area (Å²) in [6.45, 7) is 3.83. The molecule has 0 bridgehead atoms. The van der Waals surface area contributed by atoms with Crippen LogP contribution in [0.25, 0.3) is 0 Å². The van der Waals surface area contributed by atoms with Gasteiger partial charge in [-0.25, -0.2) is 13.2 Å². The number of benzene rings is 1. The summed E-state index contributed by atoms with van der Waals surface area (Å²) in [4.78, 5) is 134. The first-order valence-corrected chi connectivity index (χ1v) is 36.9. The standard InChI is InChI=1S/C69H117N7O18S/c1-2-3-45-71-56-40-37-54(38-41-56)67(86)73-47-28-26-33-59(66(70)85)74-64(82)53-94-50-49-93-48-29-32-57(77)42-43-60(69(89)90)75-62(80)44-39-55(68(87)88)52-58(78)31-23-19-15-11-10-14-18-22-27-46-72-61(79)35-30-51-95(91,92)76-63(81)34-24-20-16-12-8-6-4-5-7-9-13-17-21-25-36-65(83)84/h37-38,40-41,55,59-60,71H,2-36,39,42-53H2,1H3,(H2,70,85)(H,72,79)(H,73,86)(H,74,82)(H,75,80)(H,76,81)(H,83,84)(H,87,88)(H,89,90)/t55-,59+,60+/m1/s1. The molecule has 1 aromatic carbocycles. The van der Waals surface area contributed by atoms with Crippen LogP contribution in [0.2, 0.25) is 0 Å². The molecule has 1 aromatic rings. The van der Waals surface area contributed by atoms with Gasteiger partial charge in [0.25, 0.3) is 5.91 Å². The van der Waals surface area contributed by atoms with E-state index >= 15 is 0 Å². The van der Waals surface area contributed by atoms with Crippen LogP contribution in [-0.2, 0) is 67.4 Å². The zero-order valence-electron chi connectivity index (χ0n) is 56.9. The lowest BCUT2D eigenvalue weighted by Gasteiger charge is -2.16. The number of nitrogens with two attached hydrogens (primary N) is 1. The van der Waals surface area contributed by atoms with Crippen LogP contribution in [0, 0.1) is 5.92 Å². The van der Waals surface area contributed by atoms with E-state index in [0.717, 1.165) is 128 Å². The number of nitrogens with one attached hydrogen (secondary N) is 6. The number of sulfonamides is 1. The van der Waals surface area contributed by atoms with Crippen LogP contribution in [-0.4, -0.2) is 153 Å². The van der Waals surface area contributed by atoms with E-state index in [1.54, 1.807) is 12.1 Å². The molecule has 0 unspecified atom stereocenters. The Morgan fingerprint density at radius 3 is 1.54 bits per heavy atom. The van der Waals surface area contributed by atoms with Crippen LogP contribution in [0.15, 0.2) is 24.3 Å². The molecule has 6 amide bonds. The minimum atomic E-state index is -3.81. The number of carboxylic acid groups (broad SMARTS) is 3. The fraction of sp³-hybridized carbons (Fsp3) is 0.754. The highest BCUT2D eigenvalue weighted by Crippen LogP contribution is 2.19. The molecule has 3 atom stereocenters. The molecular formula is C69H117N7O18S. The number of carboxylic acids is 3. The summed E-state index contributed by atoms with van der Waals surface area (Å²) in [7, 11) is -3.81. The first-order valence-electron chi connectivity index (χ1n) is 35.3. The van der Waals surface area contributed by atoms with Gasteiger partial charge in [0.2, 0.25) is 39.6 Å². The predicted molar refractivity (Wildman–Crippen MR) is 364 cm³/mol. The summed E-state index contributed by atoms with van der Waals surface area (Å²) in [6.07, 6.45) is 26.4. The van der Waals surface area contributed by atoms with Gasteiger partial charge in [-0.15, -0.1) is 0 Å². The molecule has 0 aliphatic rings. The highest BCUT2D eigenvalue weighted by atomic mass is 32.2. The summed E-state index contributed by atoms with van der Waals surface area (Å²) in [5.41, 5.74) is 6.97. The van der Waals surface area contributed by atoms with Gasteiger partial charge in [-0.3, -0.25) is 52.7 Å². The second kappa shape index (κ2) is 56.6. The van der Waals surface area contributed by atoms with E-state index in [1.807, 2.05) is 12.1 Å². The molecule has 0 spiro atoms. The van der Waals surface area contributed by atoms with E-state index in [4.69, 9.17) is 20.3 Å². The quantitative estimate of drug-likeness (QED) is 0.0271. The van der Waals surface area contributed by atoms with Crippen LogP contribution in [0.5, 0.6) is 0 Å². The number of rotatable bonds is 66. The average molecular weight is 1360 g/mol. The number of ether oxygens (including phenoxy) is 2. The highest BCUT2D eigenvalue weighted by Gasteiger charge is 2.26. The fourth-order valence-corrected chi connectivity index (χ4v) is 11.6. The first-order chi connectivity index (χ1) is 45.6. The van der Waals surface area contributed by atoms with E-state index in [2.05, 4.69) is 38.2 Å². The van der Waals surface area contributed by atoms with Gasteiger partial charge in [-0.05, 0) is 101 Å². The molecule has 0 saturated heterocycles. The van der Waals surface area contributed by atoms with Crippen molar-refractivity contribution in [3.05, 3.63) is 29.8 Å². The van der Waals surface area contributed by atoms with Gasteiger partial charge in [-0.2, -0.15) is 0 Å². The zero-order valence-corrected chi connectivity index (χ0v) is 57.8. The first kappa shape index (κ1) is 86.5. The molecule has 0 aromatic heterocycles. The van der Waals surface area contributed by atoms with Crippen molar-refractivity contribution in [2.45, 2.75) is 276 Å². The SMILES string of the molecule is CCCCNc1ccc(C(=O)NCCCC[C@H](NC(=O)COCCOCCCC(=O)CC[C@H](NC(=O)CC[C@H](CC(=O)CCCCCCCCCCCNC(=O)CCCS(=O)(=O)NC(=O)CCCCCCCCCCCCCCCCC(=O)O)C(=O)O)C(=O)O)C(N)=O)cc1. The normalized spacial score (nSPS) is 12.2. The van der Waals surface area contributed by atoms with Gasteiger partial charge >= 0.3 is 17.9 Å². The summed E-state index contributed by atoms with van der Waals surface area (Å²) in [5, 5.41) is 42.0. The lowest BCUT2D eigenvalue weighted by atomic mass is 9.94. The van der Waals surface area contributed by atoms with Gasteiger partial charge in [0.15, 0.2) is 0 Å². The van der Waals surface area contributed by atoms with Gasteiger partial charge in [-0.1, -0.05) is 135 Å². The number of primary amides is 1. The third-order valence-electron chi connectivity index (χ3n) is 16.2. The number of unbranched alkanes of at least 4 members (excludes halogenated alkanes) is 23. The third-order valence-corrected chi connectivity index (χ3v) is 17.6. The number of Topliss-reactive ketones (excluding diaryl/α,β-unsaturated/α-hetero) is 2. The Morgan fingerprint density at radius 2 is 0.968 bits per heavy atom. The van der Waals surface area contributed by atoms with Crippen LogP contribution in [0.1, 0.15) is 274 Å². The Morgan fingerprint density at radius 1 is 0.453 bits per heavy atom. The Labute approximate surface area is 564 Å². The Hall–Kier alpha value is -6.54. The maximum absolute atomic E-state index is 12.7. The van der Waals surface area contributed by atoms with Crippen molar-refractivity contribution in [2.24, 2.45) is 11.7 Å². The number of hydrogen-bond donors (Lipinski definition) is 10. The maximum Gasteiger partial charge on any atom is 0.326 e. The van der Waals surface area contributed by atoms with Crippen LogP contribution >= 0.6 is 0 Å². The molecule has 26 heteroatoms. The molecule has 542 valence electrons. The lowest BCUT2D eigenvalue weighted by Crippen LogP contribution is -2.45. The number of hydrogen-bond acceptors (Lipinski definition) is 16. The summed E-state index contributed by atoms with van der Waals surface area (Å²) >= 11 is 0. The molecule has 25 nitrogen and oxygen atoms in total. The van der Waals surface area contributed by atoms with E-state index in [-0.39, 0.29) is 133 Å². The maximum atomic E-state index is 12.7. The van der Waals surface area contributed by atoms with Gasteiger partial charge < -0.3 is 57.1 Å². The second-order valence-corrected chi connectivity index (χ2v) is 26.7. The Kier molecular flexibility index (Phi) is 51.5. The van der Waals surface area contributed by atoms with Crippen LogP contribution in [0.4, 0.5) is 5.69 Å². The number of anilines is 1. The predicted octanol–water partition coefficient (Wildman–Crippen LogP) is 9.51. The fourth-order valence-electron chi connectivity index (χ4n) is 10.5. The largest absolute Gasteiger partial charge is 0.481 e. The minimum Gasteiger partial charge on any atom is -0.481 e. The van der Waals surface area contributed by atoms with Crippen molar-refractivity contribution >= 4 is 80.6 Å². The van der Waals surface area contributed by atoms with Gasteiger partial charge in [0.05, 0.1) is 24.9 Å². The molecule has 11 N–H and O–H groups in total. The molecule has 0 saturated carbocycles. The second-order valence-electron chi connectivity index (χ2n) is 24.8. The highest BCUT2D eigenvalue weighted by molar-refractivity contribution is 7.90. The molecule has 95 heavy (non-hydrogen) atoms. The number of carbonyl (C=O) groups excluding carboxylic acids is 8. The molecule has 0 aliphatic carbocycles. The topological polar surface area (TPSA) is 399 Å². The molecule has 0 aliphatic heterocycles. The van der Waals surface area contributed by atoms with Gasteiger partial charge in [0.1, 0.15) is 30.3 Å². The van der Waals surface area contributed by atoms with Crippen molar-refractivity contribution < 1.29 is 86.0 Å². The van der Waals surface area contributed by atoms with Crippen molar-refractivity contribution in [3.8, 4) is 0 Å². The summed E-state index contributed by atoms with van der Waals surface area (Å²) in [5.74, 6) is -8.12. The van der Waals surface area contributed by atoms with Crippen LogP contribution < -0.4 is 37.0 Å². The van der Waals surface area contributed by atoms with E-state index in [1.165, 1.54) is 32.1 Å². The summed E-state index contributed by atoms with van der Waals surface area (Å²) < 4.78 is 37.7. The number of ketones is 2. The molecular weight excluding hydrogens is 1250 g/mol. The minimum absolute atomic E-state index is 0.0465. The van der Waals surface area contributed by atoms with E-state index in [9.17, 15) is 71.4 Å². The van der Waals surface area contributed by atoms with Gasteiger partial charge in [0, 0.05) is 88.9 Å². The number of aliphatic carboxylic acids is 3. The van der Waals surface area contributed by atoms with Crippen molar-refractivity contribution in [1.82, 2.24) is 26.0 Å². The molecule has 0 radical (unpaired) electrons. The molecule has 0 fully saturated rings. The monoisotopic (exact) mass is 1360 g/mol.